The average Bonchev–Trinajstić information content (AvgIpc) is 3.31. The number of aryl methyl sites for hydroxylation is 2. The first-order valence-electron chi connectivity index (χ1n) is 12.3. The molecule has 0 bridgehead atoms. The van der Waals surface area contributed by atoms with Gasteiger partial charge in [0, 0.05) is 57.2 Å². The van der Waals surface area contributed by atoms with Crippen LogP contribution in [0.4, 0.5) is 10.1 Å². The summed E-state index contributed by atoms with van der Waals surface area (Å²) in [6.45, 7) is 7.25. The quantitative estimate of drug-likeness (QED) is 0.717. The molecule has 2 atom stereocenters. The van der Waals surface area contributed by atoms with Crippen LogP contribution >= 0.6 is 0 Å². The molecule has 2 fully saturated rings. The summed E-state index contributed by atoms with van der Waals surface area (Å²) < 4.78 is 13.2. The molecule has 8 heteroatoms. The van der Waals surface area contributed by atoms with Gasteiger partial charge in [0.1, 0.15) is 11.9 Å². The molecule has 7 nitrogen and oxygen atoms in total. The molecule has 2 amide bonds. The maximum absolute atomic E-state index is 13.2. The van der Waals surface area contributed by atoms with E-state index in [0.717, 1.165) is 5.69 Å². The lowest BCUT2D eigenvalue weighted by atomic mass is 9.97. The number of nitrogens with zero attached hydrogens (tertiary/aromatic N) is 4. The van der Waals surface area contributed by atoms with Crippen molar-refractivity contribution in [1.82, 2.24) is 20.2 Å². The Balaban J connectivity index is 1.12. The zero-order chi connectivity index (χ0) is 24.5. The molecule has 2 unspecified atom stereocenters. The summed E-state index contributed by atoms with van der Waals surface area (Å²) >= 11 is 0. The Morgan fingerprint density at radius 1 is 1.00 bits per heavy atom. The first-order valence-corrected chi connectivity index (χ1v) is 12.3. The Morgan fingerprint density at radius 2 is 1.74 bits per heavy atom. The molecule has 5 rings (SSSR count). The number of piperazine rings is 1. The summed E-state index contributed by atoms with van der Waals surface area (Å²) in [5.74, 6) is -0.161. The predicted molar refractivity (Wildman–Crippen MR) is 133 cm³/mol. The molecule has 3 heterocycles. The second kappa shape index (κ2) is 9.70. The van der Waals surface area contributed by atoms with E-state index in [1.54, 1.807) is 23.2 Å². The molecule has 1 N–H and O–H groups in total. The Kier molecular flexibility index (Phi) is 6.47. The van der Waals surface area contributed by atoms with Crippen LogP contribution in [-0.4, -0.2) is 65.4 Å². The third kappa shape index (κ3) is 4.89. The minimum atomic E-state index is -0.263. The van der Waals surface area contributed by atoms with Gasteiger partial charge in [-0.1, -0.05) is 18.2 Å². The largest absolute Gasteiger partial charge is 0.368 e. The molecule has 0 spiro atoms. The standard InChI is InChI=1S/C27H32FN5O2/c1-19-3-4-21(17-20(19)2)24-18-25-27(35)32(15-16-33(25)29-24)10-9-26(34)31-13-11-30(12-14-31)23-7-5-22(28)6-8-23/h3-8,15-17,24-25,29H,9-14,18H2,1-2H3. The van der Waals surface area contributed by atoms with Crippen LogP contribution in [0.1, 0.15) is 35.6 Å². The summed E-state index contributed by atoms with van der Waals surface area (Å²) in [4.78, 5) is 31.7. The van der Waals surface area contributed by atoms with Gasteiger partial charge < -0.3 is 19.7 Å². The highest BCUT2D eigenvalue weighted by Gasteiger charge is 2.40. The van der Waals surface area contributed by atoms with Crippen molar-refractivity contribution in [2.45, 2.75) is 38.8 Å². The number of amides is 2. The fourth-order valence-corrected chi connectivity index (χ4v) is 5.06. The fourth-order valence-electron chi connectivity index (χ4n) is 5.06. The zero-order valence-corrected chi connectivity index (χ0v) is 20.3. The van der Waals surface area contributed by atoms with Crippen molar-refractivity contribution in [2.75, 3.05) is 37.6 Å². The van der Waals surface area contributed by atoms with Crippen molar-refractivity contribution in [3.8, 4) is 0 Å². The van der Waals surface area contributed by atoms with Gasteiger partial charge in [0.05, 0.1) is 6.04 Å². The Bertz CT molecular complexity index is 1130. The van der Waals surface area contributed by atoms with E-state index in [2.05, 4.69) is 42.4 Å². The molecule has 2 aromatic carbocycles. The van der Waals surface area contributed by atoms with E-state index in [4.69, 9.17) is 0 Å². The second-order valence-electron chi connectivity index (χ2n) is 9.61. The van der Waals surface area contributed by atoms with Crippen LogP contribution in [0, 0.1) is 19.7 Å². The number of carbonyl (C=O) groups is 2. The first kappa shape index (κ1) is 23.4. The maximum Gasteiger partial charge on any atom is 0.250 e. The maximum atomic E-state index is 13.2. The van der Waals surface area contributed by atoms with Gasteiger partial charge in [0.2, 0.25) is 5.91 Å². The third-order valence-electron chi connectivity index (χ3n) is 7.40. The van der Waals surface area contributed by atoms with Crippen molar-refractivity contribution >= 4 is 17.5 Å². The molecule has 0 aromatic heterocycles. The fraction of sp³-hybridized carbons (Fsp3) is 0.407. The Labute approximate surface area is 205 Å². The van der Waals surface area contributed by atoms with Crippen LogP contribution in [0.25, 0.3) is 0 Å². The van der Waals surface area contributed by atoms with Gasteiger partial charge in [-0.05, 0) is 61.2 Å². The molecular formula is C27H32FN5O2. The van der Waals surface area contributed by atoms with E-state index in [1.807, 2.05) is 16.1 Å². The molecular weight excluding hydrogens is 445 g/mol. The van der Waals surface area contributed by atoms with Crippen LogP contribution in [0.5, 0.6) is 0 Å². The lowest BCUT2D eigenvalue weighted by Gasteiger charge is -2.37. The highest BCUT2D eigenvalue weighted by atomic mass is 19.1. The monoisotopic (exact) mass is 477 g/mol. The highest BCUT2D eigenvalue weighted by Crippen LogP contribution is 2.31. The minimum absolute atomic E-state index is 0.0280. The summed E-state index contributed by atoms with van der Waals surface area (Å²) in [7, 11) is 0. The molecule has 35 heavy (non-hydrogen) atoms. The molecule has 0 radical (unpaired) electrons. The van der Waals surface area contributed by atoms with Gasteiger partial charge in [-0.2, -0.15) is 0 Å². The number of halogens is 1. The van der Waals surface area contributed by atoms with E-state index in [0.29, 0.717) is 45.6 Å². The van der Waals surface area contributed by atoms with Gasteiger partial charge in [-0.25, -0.2) is 9.82 Å². The van der Waals surface area contributed by atoms with Gasteiger partial charge in [0.15, 0.2) is 0 Å². The van der Waals surface area contributed by atoms with E-state index in [-0.39, 0.29) is 29.7 Å². The normalized spacial score (nSPS) is 22.1. The first-order chi connectivity index (χ1) is 16.9. The van der Waals surface area contributed by atoms with Crippen molar-refractivity contribution in [3.05, 3.63) is 77.4 Å². The van der Waals surface area contributed by atoms with Crippen LogP contribution in [0.2, 0.25) is 0 Å². The van der Waals surface area contributed by atoms with E-state index < -0.39 is 0 Å². The molecule has 3 aliphatic heterocycles. The number of anilines is 1. The molecule has 0 aliphatic carbocycles. The molecule has 2 saturated heterocycles. The van der Waals surface area contributed by atoms with E-state index >= 15 is 0 Å². The van der Waals surface area contributed by atoms with E-state index in [1.165, 1.54) is 28.8 Å². The Hall–Kier alpha value is -3.39. The van der Waals surface area contributed by atoms with Gasteiger partial charge in [0.25, 0.3) is 5.91 Å². The molecule has 2 aromatic rings. The minimum Gasteiger partial charge on any atom is -0.368 e. The average molecular weight is 478 g/mol. The number of rotatable bonds is 5. The smallest absolute Gasteiger partial charge is 0.250 e. The summed E-state index contributed by atoms with van der Waals surface area (Å²) in [6.07, 6.45) is 4.67. The summed E-state index contributed by atoms with van der Waals surface area (Å²) in [5, 5.41) is 1.90. The SMILES string of the molecule is Cc1ccc(C2CC3C(=O)N(CCC(=O)N4CCN(c5ccc(F)cc5)CC4)C=CN3N2)cc1C. The molecule has 184 valence electrons. The van der Waals surface area contributed by atoms with Gasteiger partial charge in [-0.15, -0.1) is 0 Å². The number of carbonyl (C=O) groups excluding carboxylic acids is 2. The molecule has 3 aliphatic rings. The lowest BCUT2D eigenvalue weighted by Crippen LogP contribution is -2.50. The number of benzene rings is 2. The topological polar surface area (TPSA) is 59.1 Å². The number of hydrogen-bond donors (Lipinski definition) is 1. The highest BCUT2D eigenvalue weighted by molar-refractivity contribution is 5.85. The van der Waals surface area contributed by atoms with Crippen LogP contribution in [0.3, 0.4) is 0 Å². The van der Waals surface area contributed by atoms with E-state index in [9.17, 15) is 14.0 Å². The van der Waals surface area contributed by atoms with Crippen molar-refractivity contribution < 1.29 is 14.0 Å². The number of hydrogen-bond acceptors (Lipinski definition) is 5. The third-order valence-corrected chi connectivity index (χ3v) is 7.40. The number of nitrogens with one attached hydrogen (secondary N) is 1. The lowest BCUT2D eigenvalue weighted by molar-refractivity contribution is -0.136. The van der Waals surface area contributed by atoms with Crippen LogP contribution in [-0.2, 0) is 9.59 Å². The number of fused-ring (bicyclic) bond motifs is 1. The second-order valence-corrected chi connectivity index (χ2v) is 9.61. The summed E-state index contributed by atoms with van der Waals surface area (Å²) in [6, 6.07) is 12.7. The molecule has 0 saturated carbocycles. The van der Waals surface area contributed by atoms with Gasteiger partial charge in [-0.3, -0.25) is 9.59 Å². The zero-order valence-electron chi connectivity index (χ0n) is 20.3. The predicted octanol–water partition coefficient (Wildman–Crippen LogP) is 3.11. The Morgan fingerprint density at radius 3 is 2.46 bits per heavy atom. The van der Waals surface area contributed by atoms with Gasteiger partial charge >= 0.3 is 0 Å². The van der Waals surface area contributed by atoms with Crippen molar-refractivity contribution in [2.24, 2.45) is 0 Å². The van der Waals surface area contributed by atoms with Crippen molar-refractivity contribution in [1.29, 1.82) is 0 Å². The van der Waals surface area contributed by atoms with Crippen LogP contribution < -0.4 is 10.3 Å². The van der Waals surface area contributed by atoms with Crippen LogP contribution in [0.15, 0.2) is 54.9 Å². The van der Waals surface area contributed by atoms with Crippen molar-refractivity contribution in [3.63, 3.8) is 0 Å². The number of hydrazine groups is 1. The summed E-state index contributed by atoms with van der Waals surface area (Å²) in [5.41, 5.74) is 8.10.